The van der Waals surface area contributed by atoms with Gasteiger partial charge in [-0.2, -0.15) is 0 Å². The summed E-state index contributed by atoms with van der Waals surface area (Å²) < 4.78 is 0. The number of hydrogen-bond acceptors (Lipinski definition) is 0. The monoisotopic (exact) mass is 255 g/mol. The summed E-state index contributed by atoms with van der Waals surface area (Å²) in [5, 5.41) is 2.18. The molecule has 0 aromatic heterocycles. The van der Waals surface area contributed by atoms with Crippen LogP contribution in [-0.4, -0.2) is 0 Å². The van der Waals surface area contributed by atoms with E-state index in [1.807, 2.05) is 18.2 Å². The Morgan fingerprint density at radius 1 is 0.800 bits per heavy atom. The van der Waals surface area contributed by atoms with Gasteiger partial charge in [-0.1, -0.05) is 24.3 Å². The summed E-state index contributed by atoms with van der Waals surface area (Å²) in [5.74, 6) is 0. The summed E-state index contributed by atoms with van der Waals surface area (Å²) in [6.45, 7) is 0. The van der Waals surface area contributed by atoms with E-state index in [1.54, 1.807) is 0 Å². The SMILES string of the molecule is C(=C1C=CCC=C1)=c1ccc(=[C+]c2ccccc2)cc1. The zero-order valence-corrected chi connectivity index (χ0v) is 11.2. The standard InChI is InChI=1S/C20H15/c1-3-7-17(8-4-1)15-19-11-13-20(14-12-19)16-18-9-5-2-6-10-18/h1,3-14H,2H2/q+1. The summed E-state index contributed by atoms with van der Waals surface area (Å²) in [6.07, 6.45) is 12.9. The van der Waals surface area contributed by atoms with Crippen molar-refractivity contribution in [3.05, 3.63) is 100 Å². The van der Waals surface area contributed by atoms with Crippen LogP contribution in [0.25, 0.3) is 11.8 Å². The first kappa shape index (κ1) is 12.4. The third kappa shape index (κ3) is 3.22. The first-order valence-electron chi connectivity index (χ1n) is 6.79. The molecule has 2 aromatic rings. The highest BCUT2D eigenvalue weighted by molar-refractivity contribution is 5.50. The van der Waals surface area contributed by atoms with Crippen molar-refractivity contribution < 1.29 is 0 Å². The Kier molecular flexibility index (Phi) is 3.71. The van der Waals surface area contributed by atoms with Crippen molar-refractivity contribution in [3.63, 3.8) is 0 Å². The number of benzene rings is 2. The molecule has 3 rings (SSSR count). The van der Waals surface area contributed by atoms with Crippen molar-refractivity contribution in [2.75, 3.05) is 0 Å². The average Bonchev–Trinajstić information content (AvgIpc) is 2.51. The Balaban J connectivity index is 1.98. The highest BCUT2D eigenvalue weighted by Crippen LogP contribution is 2.05. The maximum Gasteiger partial charge on any atom is 0.122 e. The topological polar surface area (TPSA) is 0 Å². The van der Waals surface area contributed by atoms with Gasteiger partial charge in [-0.3, -0.25) is 0 Å². The van der Waals surface area contributed by atoms with E-state index in [1.165, 1.54) is 0 Å². The van der Waals surface area contributed by atoms with Crippen molar-refractivity contribution in [1.29, 1.82) is 0 Å². The van der Waals surface area contributed by atoms with E-state index in [4.69, 9.17) is 0 Å². The zero-order chi connectivity index (χ0) is 13.6. The van der Waals surface area contributed by atoms with Crippen LogP contribution < -0.4 is 10.4 Å². The van der Waals surface area contributed by atoms with Crippen LogP contribution in [-0.2, 0) is 0 Å². The van der Waals surface area contributed by atoms with E-state index in [2.05, 4.69) is 72.5 Å². The smallest absolute Gasteiger partial charge is 0.104 e. The van der Waals surface area contributed by atoms with Crippen molar-refractivity contribution in [1.82, 2.24) is 0 Å². The second-order valence-corrected chi connectivity index (χ2v) is 4.69. The third-order valence-corrected chi connectivity index (χ3v) is 3.10. The first-order valence-corrected chi connectivity index (χ1v) is 6.79. The zero-order valence-electron chi connectivity index (χ0n) is 11.2. The molecular weight excluding hydrogens is 240 g/mol. The van der Waals surface area contributed by atoms with Crippen LogP contribution in [0.2, 0.25) is 0 Å². The molecule has 0 nitrogen and oxygen atoms in total. The molecule has 0 heterocycles. The molecule has 0 saturated carbocycles. The van der Waals surface area contributed by atoms with Gasteiger partial charge in [-0.05, 0) is 36.8 Å². The van der Waals surface area contributed by atoms with E-state index in [9.17, 15) is 0 Å². The molecule has 1 aliphatic carbocycles. The second kappa shape index (κ2) is 5.99. The number of hydrogen-bond donors (Lipinski definition) is 0. The quantitative estimate of drug-likeness (QED) is 0.686. The highest BCUT2D eigenvalue weighted by atomic mass is 13.9. The third-order valence-electron chi connectivity index (χ3n) is 3.10. The largest absolute Gasteiger partial charge is 0.122 e. The molecule has 2 aromatic carbocycles. The van der Waals surface area contributed by atoms with E-state index >= 15 is 0 Å². The Morgan fingerprint density at radius 2 is 1.50 bits per heavy atom. The van der Waals surface area contributed by atoms with Crippen molar-refractivity contribution >= 4 is 11.8 Å². The summed E-state index contributed by atoms with van der Waals surface area (Å²) in [7, 11) is 0. The van der Waals surface area contributed by atoms with E-state index in [0.29, 0.717) is 0 Å². The van der Waals surface area contributed by atoms with Gasteiger partial charge in [0.2, 0.25) is 0 Å². The Hall–Kier alpha value is -2.65. The first-order chi connectivity index (χ1) is 9.90. The van der Waals surface area contributed by atoms with Crippen molar-refractivity contribution in [2.24, 2.45) is 0 Å². The normalized spacial score (nSPS) is 12.9. The predicted octanol–water partition coefficient (Wildman–Crippen LogP) is 3.21. The lowest BCUT2D eigenvalue weighted by atomic mass is 10.1. The van der Waals surface area contributed by atoms with Gasteiger partial charge in [0.05, 0.1) is 0 Å². The predicted molar refractivity (Wildman–Crippen MR) is 84.5 cm³/mol. The minimum absolute atomic E-state index is 1.02. The molecule has 1 aliphatic rings. The lowest BCUT2D eigenvalue weighted by molar-refractivity contribution is 1.35. The molecule has 0 spiro atoms. The van der Waals surface area contributed by atoms with Crippen LogP contribution in [0.15, 0.2) is 84.5 Å². The Morgan fingerprint density at radius 3 is 2.20 bits per heavy atom. The minimum atomic E-state index is 1.02. The van der Waals surface area contributed by atoms with Gasteiger partial charge >= 0.3 is 0 Å². The van der Waals surface area contributed by atoms with Crippen LogP contribution in [0.1, 0.15) is 12.0 Å². The van der Waals surface area contributed by atoms with Crippen LogP contribution in [0, 0.1) is 0 Å². The van der Waals surface area contributed by atoms with Gasteiger partial charge in [-0.15, -0.1) is 5.73 Å². The molecule has 0 N–H and O–H groups in total. The van der Waals surface area contributed by atoms with Crippen LogP contribution in [0.3, 0.4) is 0 Å². The minimum Gasteiger partial charge on any atom is -0.104 e. The fourth-order valence-electron chi connectivity index (χ4n) is 2.10. The summed E-state index contributed by atoms with van der Waals surface area (Å²) in [4.78, 5) is 0. The van der Waals surface area contributed by atoms with Crippen molar-refractivity contribution in [3.8, 4) is 0 Å². The number of rotatable bonds is 1. The van der Waals surface area contributed by atoms with E-state index < -0.39 is 0 Å². The lowest BCUT2D eigenvalue weighted by Crippen LogP contribution is -2.06. The van der Waals surface area contributed by atoms with Gasteiger partial charge < -0.3 is 0 Å². The molecule has 0 saturated heterocycles. The summed E-state index contributed by atoms with van der Waals surface area (Å²) >= 11 is 0. The fraction of sp³-hybridized carbons (Fsp3) is 0.0500. The summed E-state index contributed by atoms with van der Waals surface area (Å²) in [5.41, 5.74) is 5.61. The van der Waals surface area contributed by atoms with Gasteiger partial charge in [0.25, 0.3) is 0 Å². The van der Waals surface area contributed by atoms with Gasteiger partial charge in [0, 0.05) is 41.1 Å². The molecule has 20 heavy (non-hydrogen) atoms. The molecule has 0 unspecified atom stereocenters. The molecular formula is C20H15+. The van der Waals surface area contributed by atoms with Crippen LogP contribution >= 0.6 is 0 Å². The average molecular weight is 255 g/mol. The maximum atomic E-state index is 3.39. The molecule has 0 heteroatoms. The molecule has 0 fully saturated rings. The van der Waals surface area contributed by atoms with Crippen molar-refractivity contribution in [2.45, 2.75) is 6.42 Å². The summed E-state index contributed by atoms with van der Waals surface area (Å²) in [6, 6.07) is 18.5. The molecule has 0 aliphatic heterocycles. The van der Waals surface area contributed by atoms with Crippen LogP contribution in [0.4, 0.5) is 0 Å². The second-order valence-electron chi connectivity index (χ2n) is 4.69. The maximum absolute atomic E-state index is 3.39. The highest BCUT2D eigenvalue weighted by Gasteiger charge is 1.93. The van der Waals surface area contributed by atoms with E-state index in [-0.39, 0.29) is 0 Å². The van der Waals surface area contributed by atoms with Gasteiger partial charge in [-0.25, -0.2) is 0 Å². The van der Waals surface area contributed by atoms with E-state index in [0.717, 1.165) is 28.0 Å². The molecule has 94 valence electrons. The van der Waals surface area contributed by atoms with Gasteiger partial charge in [0.1, 0.15) is 10.8 Å². The van der Waals surface area contributed by atoms with Gasteiger partial charge in [0.15, 0.2) is 0 Å². The van der Waals surface area contributed by atoms with Crippen LogP contribution in [0.5, 0.6) is 0 Å². The molecule has 0 atom stereocenters. The fourth-order valence-corrected chi connectivity index (χ4v) is 2.10. The lowest BCUT2D eigenvalue weighted by Gasteiger charge is -1.94. The molecule has 0 radical (unpaired) electrons. The molecule has 0 bridgehead atoms. The molecule has 0 amide bonds. The Bertz CT molecular complexity index is 761. The Labute approximate surface area is 119 Å². The number of allylic oxidation sites excluding steroid dienone is 5.